The van der Waals surface area contributed by atoms with Crippen LogP contribution in [0.25, 0.3) is 0 Å². The Hall–Kier alpha value is -3.06. The average Bonchev–Trinajstić information content (AvgIpc) is 2.99. The lowest BCUT2D eigenvalue weighted by molar-refractivity contribution is -0.125. The van der Waals surface area contributed by atoms with Crippen molar-refractivity contribution >= 4 is 34.8 Å². The van der Waals surface area contributed by atoms with Crippen molar-refractivity contribution in [2.24, 2.45) is 10.2 Å². The van der Waals surface area contributed by atoms with Crippen molar-refractivity contribution in [3.63, 3.8) is 0 Å². The van der Waals surface area contributed by atoms with Crippen LogP contribution in [0, 0.1) is 5.82 Å². The van der Waals surface area contributed by atoms with Crippen molar-refractivity contribution in [3.05, 3.63) is 84.2 Å². The number of carbonyl (C=O) groups is 2. The average molecular weight is 395 g/mol. The molecule has 3 rings (SSSR count). The van der Waals surface area contributed by atoms with E-state index in [-0.39, 0.29) is 24.7 Å². The highest BCUT2D eigenvalue weighted by atomic mass is 32.2. The summed E-state index contributed by atoms with van der Waals surface area (Å²) >= 11 is 1.20. The number of halogens is 1. The number of carbonyl (C=O) groups excluding carboxylic acids is 2. The van der Waals surface area contributed by atoms with E-state index in [4.69, 9.17) is 0 Å². The summed E-state index contributed by atoms with van der Waals surface area (Å²) in [7, 11) is 0. The maximum Gasteiger partial charge on any atom is 0.242 e. The molecule has 1 aliphatic heterocycles. The molecule has 1 heterocycles. The fourth-order valence-corrected chi connectivity index (χ4v) is 3.72. The Balaban J connectivity index is 1.73. The lowest BCUT2D eigenvalue weighted by atomic mass is 10.1. The van der Waals surface area contributed by atoms with Gasteiger partial charge in [0.1, 0.15) is 5.82 Å². The van der Waals surface area contributed by atoms with Crippen molar-refractivity contribution in [1.82, 2.24) is 4.90 Å². The molecule has 1 aliphatic rings. The summed E-state index contributed by atoms with van der Waals surface area (Å²) < 4.78 is 13.0. The predicted octanol–water partition coefficient (Wildman–Crippen LogP) is 3.92. The van der Waals surface area contributed by atoms with Gasteiger partial charge in [-0.2, -0.15) is 5.10 Å². The molecule has 0 N–H and O–H groups in total. The SMILES string of the molecule is C=CCN1C(=O)[C@@H](CC(=O)c2ccc(F)cc2)S/C1=N\N=C/c1ccccc1. The molecule has 28 heavy (non-hydrogen) atoms. The fraction of sp³-hybridized carbons (Fsp3) is 0.143. The van der Waals surface area contributed by atoms with Gasteiger partial charge in [0, 0.05) is 18.5 Å². The fourth-order valence-electron chi connectivity index (χ4n) is 2.62. The van der Waals surface area contributed by atoms with Gasteiger partial charge in [0.25, 0.3) is 0 Å². The van der Waals surface area contributed by atoms with E-state index in [1.807, 2.05) is 30.3 Å². The summed E-state index contributed by atoms with van der Waals surface area (Å²) in [6, 6.07) is 14.8. The first kappa shape index (κ1) is 19.7. The summed E-state index contributed by atoms with van der Waals surface area (Å²) in [6.07, 6.45) is 3.20. The Bertz CT molecular complexity index is 926. The van der Waals surface area contributed by atoms with Crippen LogP contribution in [0.5, 0.6) is 0 Å². The molecule has 142 valence electrons. The second-order valence-electron chi connectivity index (χ2n) is 6.02. The molecule has 1 atom stereocenters. The van der Waals surface area contributed by atoms with Crippen molar-refractivity contribution in [2.75, 3.05) is 6.54 Å². The number of Topliss-reactive ketones (excluding diaryl/α,β-unsaturated/α-hetero) is 1. The Kier molecular flexibility index (Phi) is 6.49. The molecule has 5 nitrogen and oxygen atoms in total. The molecule has 1 saturated heterocycles. The van der Waals surface area contributed by atoms with Gasteiger partial charge in [0.15, 0.2) is 11.0 Å². The number of thioether (sulfide) groups is 1. The van der Waals surface area contributed by atoms with Gasteiger partial charge >= 0.3 is 0 Å². The second kappa shape index (κ2) is 9.23. The van der Waals surface area contributed by atoms with E-state index >= 15 is 0 Å². The maximum atomic E-state index is 13.0. The van der Waals surface area contributed by atoms with Crippen LogP contribution < -0.4 is 0 Å². The van der Waals surface area contributed by atoms with Crippen LogP contribution in [0.2, 0.25) is 0 Å². The number of ketones is 1. The normalized spacial score (nSPS) is 18.2. The Morgan fingerprint density at radius 3 is 2.57 bits per heavy atom. The molecule has 2 aromatic carbocycles. The highest BCUT2D eigenvalue weighted by Crippen LogP contribution is 2.30. The number of amides is 1. The molecule has 7 heteroatoms. The zero-order valence-corrected chi connectivity index (χ0v) is 15.8. The maximum absolute atomic E-state index is 13.0. The number of amidine groups is 1. The van der Waals surface area contributed by atoms with Crippen LogP contribution in [-0.2, 0) is 4.79 Å². The van der Waals surface area contributed by atoms with Gasteiger partial charge in [-0.05, 0) is 29.8 Å². The van der Waals surface area contributed by atoms with Crippen LogP contribution in [0.3, 0.4) is 0 Å². The quantitative estimate of drug-likeness (QED) is 0.309. The van der Waals surface area contributed by atoms with Crippen molar-refractivity contribution < 1.29 is 14.0 Å². The minimum atomic E-state index is -0.594. The third-order valence-corrected chi connectivity index (χ3v) is 5.18. The monoisotopic (exact) mass is 395 g/mol. The van der Waals surface area contributed by atoms with E-state index in [2.05, 4.69) is 16.8 Å². The van der Waals surface area contributed by atoms with Crippen LogP contribution >= 0.6 is 11.8 Å². The van der Waals surface area contributed by atoms with Gasteiger partial charge in [0.2, 0.25) is 5.91 Å². The van der Waals surface area contributed by atoms with Crippen LogP contribution in [-0.4, -0.2) is 39.8 Å². The molecule has 0 unspecified atom stereocenters. The molecular weight excluding hydrogens is 377 g/mol. The first-order chi connectivity index (χ1) is 13.6. The molecule has 0 radical (unpaired) electrons. The van der Waals surface area contributed by atoms with Gasteiger partial charge in [-0.1, -0.05) is 48.2 Å². The summed E-state index contributed by atoms with van der Waals surface area (Å²) in [5.41, 5.74) is 1.26. The van der Waals surface area contributed by atoms with Gasteiger partial charge in [-0.3, -0.25) is 14.5 Å². The number of rotatable bonds is 7. The summed E-state index contributed by atoms with van der Waals surface area (Å²) in [5, 5.41) is 8.05. The zero-order valence-electron chi connectivity index (χ0n) is 15.0. The van der Waals surface area contributed by atoms with E-state index in [1.165, 1.54) is 40.9 Å². The van der Waals surface area contributed by atoms with Crippen LogP contribution in [0.1, 0.15) is 22.3 Å². The number of benzene rings is 2. The molecular formula is C21H18FN3O2S. The first-order valence-electron chi connectivity index (χ1n) is 8.62. The van der Waals surface area contributed by atoms with Gasteiger partial charge in [-0.15, -0.1) is 11.7 Å². The molecule has 1 fully saturated rings. The third kappa shape index (κ3) is 4.80. The lowest BCUT2D eigenvalue weighted by Crippen LogP contribution is -2.32. The van der Waals surface area contributed by atoms with Gasteiger partial charge in [0.05, 0.1) is 11.5 Å². The Labute approximate surface area is 166 Å². The Morgan fingerprint density at radius 1 is 1.18 bits per heavy atom. The number of hydrogen-bond donors (Lipinski definition) is 0. The number of hydrogen-bond acceptors (Lipinski definition) is 5. The van der Waals surface area contributed by atoms with E-state index in [9.17, 15) is 14.0 Å². The molecule has 0 aromatic heterocycles. The summed E-state index contributed by atoms with van der Waals surface area (Å²) in [6.45, 7) is 3.95. The lowest BCUT2D eigenvalue weighted by Gasteiger charge is -2.12. The second-order valence-corrected chi connectivity index (χ2v) is 7.19. The number of nitrogens with zero attached hydrogens (tertiary/aromatic N) is 3. The van der Waals surface area contributed by atoms with Gasteiger partial charge in [-0.25, -0.2) is 4.39 Å². The zero-order chi connectivity index (χ0) is 19.9. The minimum absolute atomic E-state index is 0.00416. The van der Waals surface area contributed by atoms with Gasteiger partial charge < -0.3 is 0 Å². The van der Waals surface area contributed by atoms with E-state index < -0.39 is 11.1 Å². The highest BCUT2D eigenvalue weighted by Gasteiger charge is 2.38. The topological polar surface area (TPSA) is 62.1 Å². The van der Waals surface area contributed by atoms with E-state index in [0.29, 0.717) is 10.7 Å². The molecule has 0 saturated carbocycles. The predicted molar refractivity (Wildman–Crippen MR) is 110 cm³/mol. The third-order valence-electron chi connectivity index (χ3n) is 4.02. The standard InChI is InChI=1S/C21H18FN3O2S/c1-2-12-25-20(27)19(13-18(26)16-8-10-17(22)11-9-16)28-21(25)24-23-14-15-6-4-3-5-7-15/h2-11,14,19H,1,12-13H2/b23-14-,24-21-/t19-/m1/s1. The molecule has 2 aromatic rings. The largest absolute Gasteiger partial charge is 0.294 e. The van der Waals surface area contributed by atoms with E-state index in [1.54, 1.807) is 12.3 Å². The van der Waals surface area contributed by atoms with Crippen molar-refractivity contribution in [2.45, 2.75) is 11.7 Å². The van der Waals surface area contributed by atoms with Crippen LogP contribution in [0.4, 0.5) is 4.39 Å². The Morgan fingerprint density at radius 2 is 1.89 bits per heavy atom. The minimum Gasteiger partial charge on any atom is -0.294 e. The first-order valence-corrected chi connectivity index (χ1v) is 9.50. The van der Waals surface area contributed by atoms with Crippen LogP contribution in [0.15, 0.2) is 77.5 Å². The molecule has 0 spiro atoms. The molecule has 1 amide bonds. The molecule has 0 bridgehead atoms. The smallest absolute Gasteiger partial charge is 0.242 e. The van der Waals surface area contributed by atoms with E-state index in [0.717, 1.165) is 5.56 Å². The van der Waals surface area contributed by atoms with Crippen molar-refractivity contribution in [1.29, 1.82) is 0 Å². The summed E-state index contributed by atoms with van der Waals surface area (Å²) in [4.78, 5) is 26.6. The molecule has 0 aliphatic carbocycles. The highest BCUT2D eigenvalue weighted by molar-refractivity contribution is 8.15. The van der Waals surface area contributed by atoms with Crippen molar-refractivity contribution in [3.8, 4) is 0 Å². The summed E-state index contributed by atoms with van der Waals surface area (Å²) in [5.74, 6) is -0.849.